The summed E-state index contributed by atoms with van der Waals surface area (Å²) in [6.45, 7) is 4.07. The molecule has 0 atom stereocenters. The quantitative estimate of drug-likeness (QED) is 0.830. The number of aryl methyl sites for hydroxylation is 2. The molecule has 0 spiro atoms. The summed E-state index contributed by atoms with van der Waals surface area (Å²) in [4.78, 5) is 13.8. The summed E-state index contributed by atoms with van der Waals surface area (Å²) in [5.74, 6) is 0.524. The fraction of sp³-hybridized carbons (Fsp3) is 0.353. The molecule has 1 N–H and O–H groups in total. The maximum absolute atomic E-state index is 12.3. The molecule has 2 rings (SSSR count). The van der Waals surface area contributed by atoms with Crippen molar-refractivity contribution in [3.8, 4) is 0 Å². The monoisotopic (exact) mass is 350 g/mol. The third kappa shape index (κ3) is 4.69. The van der Waals surface area contributed by atoms with E-state index in [-0.39, 0.29) is 23.8 Å². The van der Waals surface area contributed by atoms with Gasteiger partial charge in [0.25, 0.3) is 0 Å². The van der Waals surface area contributed by atoms with Crippen molar-refractivity contribution < 1.29 is 17.6 Å². The van der Waals surface area contributed by atoms with Crippen LogP contribution in [0.4, 0.5) is 0 Å². The largest absolute Gasteiger partial charge is 0.467 e. The predicted octanol–water partition coefficient (Wildman–Crippen LogP) is 2.22. The first-order chi connectivity index (χ1) is 11.3. The Morgan fingerprint density at radius 3 is 2.62 bits per heavy atom. The number of nitrogens with zero attached hydrogens (tertiary/aromatic N) is 1. The van der Waals surface area contributed by atoms with E-state index in [1.807, 2.05) is 13.0 Å². The SMILES string of the molecule is Cc1ccc(S(=O)(=O)NCCC(=O)N(C)Cc2ccco2)c(C)c1. The molecule has 1 amide bonds. The molecular weight excluding hydrogens is 328 g/mol. The molecule has 0 aliphatic carbocycles. The maximum Gasteiger partial charge on any atom is 0.240 e. The van der Waals surface area contributed by atoms with Crippen molar-refractivity contribution >= 4 is 15.9 Å². The van der Waals surface area contributed by atoms with Gasteiger partial charge in [-0.3, -0.25) is 4.79 Å². The predicted molar refractivity (Wildman–Crippen MR) is 90.9 cm³/mol. The molecule has 0 unspecified atom stereocenters. The van der Waals surface area contributed by atoms with E-state index in [1.54, 1.807) is 44.5 Å². The molecule has 0 saturated carbocycles. The second kappa shape index (κ2) is 7.63. The third-order valence-electron chi connectivity index (χ3n) is 3.65. The van der Waals surface area contributed by atoms with E-state index in [2.05, 4.69) is 4.72 Å². The van der Waals surface area contributed by atoms with Gasteiger partial charge >= 0.3 is 0 Å². The lowest BCUT2D eigenvalue weighted by Crippen LogP contribution is -2.32. The number of furan rings is 1. The molecule has 0 saturated heterocycles. The van der Waals surface area contributed by atoms with Crippen LogP contribution >= 0.6 is 0 Å². The van der Waals surface area contributed by atoms with Crippen molar-refractivity contribution in [3.63, 3.8) is 0 Å². The second-order valence-corrected chi connectivity index (χ2v) is 7.48. The van der Waals surface area contributed by atoms with E-state index in [1.165, 1.54) is 4.90 Å². The summed E-state index contributed by atoms with van der Waals surface area (Å²) in [5.41, 5.74) is 1.69. The van der Waals surface area contributed by atoms with Crippen LogP contribution in [0, 0.1) is 13.8 Å². The number of sulfonamides is 1. The van der Waals surface area contributed by atoms with Gasteiger partial charge in [-0.05, 0) is 37.6 Å². The molecule has 0 fully saturated rings. The van der Waals surface area contributed by atoms with Gasteiger partial charge in [0.1, 0.15) is 5.76 Å². The number of hydrogen-bond donors (Lipinski definition) is 1. The molecule has 0 aliphatic heterocycles. The average Bonchev–Trinajstić information content (AvgIpc) is 2.99. The highest BCUT2D eigenvalue weighted by atomic mass is 32.2. The fourth-order valence-corrected chi connectivity index (χ4v) is 3.64. The summed E-state index contributed by atoms with van der Waals surface area (Å²) < 4.78 is 32.3. The van der Waals surface area contributed by atoms with Gasteiger partial charge in [0.15, 0.2) is 0 Å². The first-order valence-corrected chi connectivity index (χ1v) is 9.11. The topological polar surface area (TPSA) is 79.6 Å². The lowest BCUT2D eigenvalue weighted by molar-refractivity contribution is -0.130. The second-order valence-electron chi connectivity index (χ2n) is 5.75. The molecule has 2 aromatic rings. The summed E-state index contributed by atoms with van der Waals surface area (Å²) in [5, 5.41) is 0. The number of carbonyl (C=O) groups excluding carboxylic acids is 1. The van der Waals surface area contributed by atoms with Crippen LogP contribution in [0.5, 0.6) is 0 Å². The summed E-state index contributed by atoms with van der Waals surface area (Å²) in [6, 6.07) is 8.69. The molecule has 1 aromatic heterocycles. The highest BCUT2D eigenvalue weighted by Crippen LogP contribution is 2.16. The van der Waals surface area contributed by atoms with Gasteiger partial charge in [0.05, 0.1) is 17.7 Å². The maximum atomic E-state index is 12.3. The van der Waals surface area contributed by atoms with Crippen molar-refractivity contribution in [3.05, 3.63) is 53.5 Å². The average molecular weight is 350 g/mol. The van der Waals surface area contributed by atoms with E-state index in [0.29, 0.717) is 17.9 Å². The van der Waals surface area contributed by atoms with E-state index >= 15 is 0 Å². The van der Waals surface area contributed by atoms with Crippen LogP contribution in [-0.4, -0.2) is 32.8 Å². The van der Waals surface area contributed by atoms with Crippen molar-refractivity contribution in [1.82, 2.24) is 9.62 Å². The smallest absolute Gasteiger partial charge is 0.240 e. The highest BCUT2D eigenvalue weighted by molar-refractivity contribution is 7.89. The van der Waals surface area contributed by atoms with Crippen molar-refractivity contribution in [2.45, 2.75) is 31.7 Å². The minimum absolute atomic E-state index is 0.0526. The number of benzene rings is 1. The number of nitrogens with one attached hydrogen (secondary N) is 1. The minimum Gasteiger partial charge on any atom is -0.467 e. The third-order valence-corrected chi connectivity index (χ3v) is 5.27. The van der Waals surface area contributed by atoms with Crippen LogP contribution in [0.25, 0.3) is 0 Å². The van der Waals surface area contributed by atoms with Gasteiger partial charge in [-0.2, -0.15) is 0 Å². The van der Waals surface area contributed by atoms with Gasteiger partial charge in [0.2, 0.25) is 15.9 Å². The Kier molecular flexibility index (Phi) is 5.80. The zero-order valence-electron chi connectivity index (χ0n) is 14.1. The van der Waals surface area contributed by atoms with Crippen molar-refractivity contribution in [1.29, 1.82) is 0 Å². The Morgan fingerprint density at radius 2 is 2.00 bits per heavy atom. The first-order valence-electron chi connectivity index (χ1n) is 7.63. The standard InChI is InChI=1S/C17H22N2O4S/c1-13-6-7-16(14(2)11-13)24(21,22)18-9-8-17(20)19(3)12-15-5-4-10-23-15/h4-7,10-11,18H,8-9,12H2,1-3H3. The van der Waals surface area contributed by atoms with Crippen LogP contribution in [0.2, 0.25) is 0 Å². The molecular formula is C17H22N2O4S. The Hall–Kier alpha value is -2.12. The van der Waals surface area contributed by atoms with Crippen LogP contribution in [0.3, 0.4) is 0 Å². The van der Waals surface area contributed by atoms with Gasteiger partial charge < -0.3 is 9.32 Å². The van der Waals surface area contributed by atoms with Crippen LogP contribution in [-0.2, 0) is 21.4 Å². The highest BCUT2D eigenvalue weighted by Gasteiger charge is 2.17. The number of rotatable bonds is 7. The van der Waals surface area contributed by atoms with Crippen molar-refractivity contribution in [2.24, 2.45) is 0 Å². The molecule has 130 valence electrons. The van der Waals surface area contributed by atoms with Crippen LogP contribution in [0.1, 0.15) is 23.3 Å². The Balaban J connectivity index is 1.89. The zero-order valence-corrected chi connectivity index (χ0v) is 14.9. The van der Waals surface area contributed by atoms with E-state index in [0.717, 1.165) is 5.56 Å². The Labute approximate surface area is 142 Å². The van der Waals surface area contributed by atoms with Gasteiger partial charge in [-0.15, -0.1) is 0 Å². The lowest BCUT2D eigenvalue weighted by atomic mass is 10.2. The fourth-order valence-electron chi connectivity index (χ4n) is 2.39. The molecule has 0 radical (unpaired) electrons. The van der Waals surface area contributed by atoms with Crippen LogP contribution < -0.4 is 4.72 Å². The molecule has 0 bridgehead atoms. The summed E-state index contributed by atoms with van der Waals surface area (Å²) in [7, 11) is -1.96. The van der Waals surface area contributed by atoms with E-state index < -0.39 is 10.0 Å². The van der Waals surface area contributed by atoms with Gasteiger partial charge in [0, 0.05) is 20.0 Å². The molecule has 24 heavy (non-hydrogen) atoms. The number of hydrogen-bond acceptors (Lipinski definition) is 4. The number of amides is 1. The Morgan fingerprint density at radius 1 is 1.25 bits per heavy atom. The van der Waals surface area contributed by atoms with E-state index in [4.69, 9.17) is 4.42 Å². The number of carbonyl (C=O) groups is 1. The molecule has 6 nitrogen and oxygen atoms in total. The first kappa shape index (κ1) is 18.2. The molecule has 0 aliphatic rings. The molecule has 7 heteroatoms. The normalized spacial score (nSPS) is 11.5. The lowest BCUT2D eigenvalue weighted by Gasteiger charge is -2.16. The van der Waals surface area contributed by atoms with E-state index in [9.17, 15) is 13.2 Å². The van der Waals surface area contributed by atoms with Crippen molar-refractivity contribution in [2.75, 3.05) is 13.6 Å². The zero-order chi connectivity index (χ0) is 17.7. The van der Waals surface area contributed by atoms with Gasteiger partial charge in [-0.25, -0.2) is 13.1 Å². The Bertz CT molecular complexity index is 798. The summed E-state index contributed by atoms with van der Waals surface area (Å²) >= 11 is 0. The van der Waals surface area contributed by atoms with Crippen LogP contribution in [0.15, 0.2) is 45.9 Å². The molecule has 1 aromatic carbocycles. The minimum atomic E-state index is -3.62. The summed E-state index contributed by atoms with van der Waals surface area (Å²) in [6.07, 6.45) is 1.63. The molecule has 1 heterocycles. The van der Waals surface area contributed by atoms with Gasteiger partial charge in [-0.1, -0.05) is 17.7 Å².